The Bertz CT molecular complexity index is 309. The average Bonchev–Trinajstić information content (AvgIpc) is 2.43. The van der Waals surface area contributed by atoms with Crippen molar-refractivity contribution in [2.45, 2.75) is 38.3 Å². The molecule has 7 N–H and O–H groups in total. The fraction of sp³-hybridized carbons (Fsp3) is 0.900. The Balaban J connectivity index is 0. The molecule has 0 aromatic heterocycles. The molecule has 10 nitrogen and oxygen atoms in total. The number of phosphoric acid groups is 1. The summed E-state index contributed by atoms with van der Waals surface area (Å²) in [5, 5.41) is 39.2. The smallest absolute Gasteiger partial charge is 0.388 e. The Morgan fingerprint density at radius 3 is 1.86 bits per heavy atom. The van der Waals surface area contributed by atoms with Crippen LogP contribution in [0.25, 0.3) is 0 Å². The van der Waals surface area contributed by atoms with Gasteiger partial charge in [-0.05, 0) is 13.1 Å². The molecule has 0 unspecified atom stereocenters. The molecule has 0 aliphatic rings. The number of phosphoric ester groups is 1. The molecule has 0 aromatic carbocycles. The number of hydrogen-bond acceptors (Lipinski definition) is 8. The van der Waals surface area contributed by atoms with E-state index in [4.69, 9.17) is 30.2 Å². The van der Waals surface area contributed by atoms with Gasteiger partial charge in [-0.2, -0.15) is 0 Å². The first kappa shape index (κ1) is 22.9. The third kappa shape index (κ3) is 13.0. The van der Waals surface area contributed by atoms with Gasteiger partial charge in [0.2, 0.25) is 0 Å². The van der Waals surface area contributed by atoms with Gasteiger partial charge in [0.1, 0.15) is 24.4 Å². The first-order valence-electron chi connectivity index (χ1n) is 6.19. The van der Waals surface area contributed by atoms with Gasteiger partial charge in [0.05, 0.1) is 6.61 Å². The van der Waals surface area contributed by atoms with Gasteiger partial charge in [-0.25, -0.2) is 4.57 Å². The molecule has 21 heavy (non-hydrogen) atoms. The maximum Gasteiger partial charge on any atom is 0.469 e. The van der Waals surface area contributed by atoms with E-state index in [0.29, 0.717) is 0 Å². The lowest BCUT2D eigenvalue weighted by Gasteiger charge is -2.23. The normalized spacial score (nSPS) is 17.1. The summed E-state index contributed by atoms with van der Waals surface area (Å²) in [6.45, 7) is 5.42. The van der Waals surface area contributed by atoms with Crippen molar-refractivity contribution in [3.63, 3.8) is 0 Å². The molecule has 128 valence electrons. The van der Waals surface area contributed by atoms with Crippen LogP contribution in [0.2, 0.25) is 0 Å². The molecule has 0 aliphatic carbocycles. The fourth-order valence-corrected chi connectivity index (χ4v) is 1.38. The molecule has 0 fully saturated rings. The number of carbonyl (C=O) groups is 1. The molecule has 0 bridgehead atoms. The molecular formula is C10H24NO9P. The number of hydrogen-bond donors (Lipinski definition) is 7. The molecule has 0 heterocycles. The molecule has 0 radical (unpaired) electrons. The Hall–Kier alpha value is -0.420. The zero-order chi connectivity index (χ0) is 17.1. The number of aldehydes is 1. The van der Waals surface area contributed by atoms with Crippen LogP contribution in [-0.2, 0) is 13.9 Å². The summed E-state index contributed by atoms with van der Waals surface area (Å²) < 4.78 is 14.1. The highest BCUT2D eigenvalue weighted by Crippen LogP contribution is 2.35. The van der Waals surface area contributed by atoms with Crippen LogP contribution in [0.1, 0.15) is 13.8 Å². The Morgan fingerprint density at radius 2 is 1.57 bits per heavy atom. The fourth-order valence-electron chi connectivity index (χ4n) is 1.03. The topological polar surface area (TPSA) is 177 Å². The van der Waals surface area contributed by atoms with Crippen LogP contribution >= 0.6 is 7.82 Å². The lowest BCUT2D eigenvalue weighted by Crippen LogP contribution is -2.46. The van der Waals surface area contributed by atoms with Gasteiger partial charge in [-0.3, -0.25) is 4.52 Å². The average molecular weight is 333 g/mol. The molecule has 0 saturated heterocycles. The summed E-state index contributed by atoms with van der Waals surface area (Å²) in [5.41, 5.74) is 0. The largest absolute Gasteiger partial charge is 0.469 e. The van der Waals surface area contributed by atoms with Crippen molar-refractivity contribution in [2.24, 2.45) is 0 Å². The lowest BCUT2D eigenvalue weighted by atomic mass is 10.0. The second-order valence-corrected chi connectivity index (χ2v) is 5.16. The van der Waals surface area contributed by atoms with Crippen LogP contribution in [-0.4, -0.2) is 80.6 Å². The van der Waals surface area contributed by atoms with Gasteiger partial charge < -0.3 is 40.3 Å². The third-order valence-corrected chi connectivity index (χ3v) is 2.63. The predicted molar refractivity (Wildman–Crippen MR) is 72.3 cm³/mol. The standard InChI is InChI=1S/C6H13O9P.C4H11N/c7-1-3(8)5(10)6(11)4(9)2-15-16(12,13)14;1-3-5-4-2/h1,3-6,8-11H,2H2,(H2,12,13,14);5H,3-4H2,1-2H3/t3-,4+,5+,6+;/m0./s1. The van der Waals surface area contributed by atoms with E-state index in [1.807, 2.05) is 0 Å². The maximum atomic E-state index is 10.2. The van der Waals surface area contributed by atoms with Crippen LogP contribution in [0.5, 0.6) is 0 Å². The van der Waals surface area contributed by atoms with E-state index in [9.17, 15) is 9.36 Å². The Kier molecular flexibility index (Phi) is 13.2. The number of aliphatic hydroxyl groups excluding tert-OH is 4. The summed E-state index contributed by atoms with van der Waals surface area (Å²) >= 11 is 0. The van der Waals surface area contributed by atoms with E-state index in [0.717, 1.165) is 13.1 Å². The van der Waals surface area contributed by atoms with E-state index in [-0.39, 0.29) is 6.29 Å². The molecule has 4 atom stereocenters. The van der Waals surface area contributed by atoms with Crippen molar-refractivity contribution in [1.29, 1.82) is 0 Å². The minimum atomic E-state index is -4.80. The summed E-state index contributed by atoms with van der Waals surface area (Å²) in [6.07, 6.45) is -7.80. The molecule has 0 saturated carbocycles. The van der Waals surface area contributed by atoms with Crippen molar-refractivity contribution in [1.82, 2.24) is 5.32 Å². The number of aliphatic hydroxyl groups is 4. The minimum absolute atomic E-state index is 0.0650. The van der Waals surface area contributed by atoms with Crippen LogP contribution < -0.4 is 5.32 Å². The molecule has 0 aliphatic heterocycles. The first-order valence-corrected chi connectivity index (χ1v) is 7.72. The zero-order valence-corrected chi connectivity index (χ0v) is 12.8. The second-order valence-electron chi connectivity index (χ2n) is 3.92. The van der Waals surface area contributed by atoms with Crippen molar-refractivity contribution in [2.75, 3.05) is 19.7 Å². The highest BCUT2D eigenvalue weighted by atomic mass is 31.2. The first-order chi connectivity index (χ1) is 9.60. The highest BCUT2D eigenvalue weighted by molar-refractivity contribution is 7.46. The molecule has 0 spiro atoms. The van der Waals surface area contributed by atoms with E-state index in [1.165, 1.54) is 0 Å². The summed E-state index contributed by atoms with van der Waals surface area (Å²) in [5.74, 6) is 0. The van der Waals surface area contributed by atoms with Crippen molar-refractivity contribution >= 4 is 14.1 Å². The Morgan fingerprint density at radius 1 is 1.10 bits per heavy atom. The predicted octanol–water partition coefficient (Wildman–Crippen LogP) is -2.65. The van der Waals surface area contributed by atoms with E-state index in [2.05, 4.69) is 23.7 Å². The second kappa shape index (κ2) is 12.2. The van der Waals surface area contributed by atoms with Crippen LogP contribution in [0.3, 0.4) is 0 Å². The van der Waals surface area contributed by atoms with Gasteiger partial charge in [-0.1, -0.05) is 13.8 Å². The number of rotatable bonds is 9. The van der Waals surface area contributed by atoms with Gasteiger partial charge in [-0.15, -0.1) is 0 Å². The zero-order valence-electron chi connectivity index (χ0n) is 11.9. The van der Waals surface area contributed by atoms with Crippen molar-refractivity contribution in [3.05, 3.63) is 0 Å². The lowest BCUT2D eigenvalue weighted by molar-refractivity contribution is -0.136. The quantitative estimate of drug-likeness (QED) is 0.174. The summed E-state index contributed by atoms with van der Waals surface area (Å²) in [6, 6.07) is 0. The van der Waals surface area contributed by atoms with E-state index >= 15 is 0 Å². The minimum Gasteiger partial charge on any atom is -0.388 e. The SMILES string of the molecule is CCNCC.O=C[C@H](O)[C@@H](O)[C@H](O)[C@H](O)COP(=O)(O)O. The molecule has 0 amide bonds. The molecular weight excluding hydrogens is 309 g/mol. The molecule has 0 rings (SSSR count). The van der Waals surface area contributed by atoms with Crippen molar-refractivity contribution in [3.8, 4) is 0 Å². The van der Waals surface area contributed by atoms with Gasteiger partial charge in [0, 0.05) is 0 Å². The van der Waals surface area contributed by atoms with Gasteiger partial charge in [0.25, 0.3) is 0 Å². The van der Waals surface area contributed by atoms with E-state index < -0.39 is 38.8 Å². The summed E-state index contributed by atoms with van der Waals surface area (Å²) in [4.78, 5) is 26.6. The molecule has 11 heteroatoms. The van der Waals surface area contributed by atoms with Gasteiger partial charge in [0.15, 0.2) is 6.29 Å². The van der Waals surface area contributed by atoms with Gasteiger partial charge >= 0.3 is 7.82 Å². The maximum absolute atomic E-state index is 10.2. The number of carbonyl (C=O) groups excluding carboxylic acids is 1. The van der Waals surface area contributed by atoms with Crippen molar-refractivity contribution < 1.29 is 44.1 Å². The van der Waals surface area contributed by atoms with Crippen LogP contribution in [0.4, 0.5) is 0 Å². The Labute approximate surface area is 122 Å². The monoisotopic (exact) mass is 333 g/mol. The van der Waals surface area contributed by atoms with E-state index in [1.54, 1.807) is 0 Å². The molecule has 0 aromatic rings. The highest BCUT2D eigenvalue weighted by Gasteiger charge is 2.31. The third-order valence-electron chi connectivity index (χ3n) is 2.15. The number of nitrogens with one attached hydrogen (secondary N) is 1. The summed E-state index contributed by atoms with van der Waals surface area (Å²) in [7, 11) is -4.80. The van der Waals surface area contributed by atoms with Crippen LogP contribution in [0.15, 0.2) is 0 Å². The van der Waals surface area contributed by atoms with Crippen LogP contribution in [0, 0.1) is 0 Å².